The summed E-state index contributed by atoms with van der Waals surface area (Å²) >= 11 is 0. The van der Waals surface area contributed by atoms with Gasteiger partial charge >= 0.3 is 0 Å². The molecule has 13 heavy (non-hydrogen) atoms. The predicted octanol–water partition coefficient (Wildman–Crippen LogP) is -0.133. The average molecular weight is 180 g/mol. The SMILES string of the molecule is CN1CCc2c(c(CN)nn2C)C1. The van der Waals surface area contributed by atoms with Crippen LogP contribution >= 0.6 is 0 Å². The molecule has 72 valence electrons. The number of likely N-dealkylation sites (N-methyl/N-ethyl adjacent to an activating group) is 1. The first-order valence-electron chi connectivity index (χ1n) is 4.64. The average Bonchev–Trinajstić information content (AvgIpc) is 2.42. The van der Waals surface area contributed by atoms with Gasteiger partial charge in [0.1, 0.15) is 0 Å². The molecule has 4 nitrogen and oxygen atoms in total. The molecule has 0 unspecified atom stereocenters. The van der Waals surface area contributed by atoms with E-state index in [1.54, 1.807) is 0 Å². The van der Waals surface area contributed by atoms with Crippen LogP contribution in [0.1, 0.15) is 17.0 Å². The minimum absolute atomic E-state index is 0.553. The molecule has 4 heteroatoms. The quantitative estimate of drug-likeness (QED) is 0.654. The van der Waals surface area contributed by atoms with Crippen molar-refractivity contribution in [2.45, 2.75) is 19.5 Å². The van der Waals surface area contributed by atoms with Crippen LogP contribution in [0, 0.1) is 0 Å². The van der Waals surface area contributed by atoms with Gasteiger partial charge in [-0.2, -0.15) is 5.10 Å². The fraction of sp³-hybridized carbons (Fsp3) is 0.667. The van der Waals surface area contributed by atoms with Gasteiger partial charge in [0.15, 0.2) is 0 Å². The highest BCUT2D eigenvalue weighted by Crippen LogP contribution is 2.20. The van der Waals surface area contributed by atoms with Crippen molar-refractivity contribution < 1.29 is 0 Å². The summed E-state index contributed by atoms with van der Waals surface area (Å²) in [5.41, 5.74) is 9.40. The molecule has 1 aliphatic heterocycles. The second-order valence-corrected chi connectivity index (χ2v) is 3.69. The van der Waals surface area contributed by atoms with Gasteiger partial charge in [-0.1, -0.05) is 0 Å². The van der Waals surface area contributed by atoms with Gasteiger partial charge in [-0.05, 0) is 7.05 Å². The molecule has 0 amide bonds. The van der Waals surface area contributed by atoms with Crippen molar-refractivity contribution in [2.75, 3.05) is 13.6 Å². The molecule has 0 saturated heterocycles. The fourth-order valence-corrected chi connectivity index (χ4v) is 1.97. The Morgan fingerprint density at radius 2 is 2.23 bits per heavy atom. The molecule has 0 fully saturated rings. The summed E-state index contributed by atoms with van der Waals surface area (Å²) in [4.78, 5) is 2.31. The zero-order valence-corrected chi connectivity index (χ0v) is 8.25. The number of hydrogen-bond acceptors (Lipinski definition) is 3. The minimum Gasteiger partial charge on any atom is -0.325 e. The number of fused-ring (bicyclic) bond motifs is 1. The normalized spacial score (nSPS) is 17.5. The Morgan fingerprint density at radius 1 is 1.46 bits per heavy atom. The molecule has 0 aliphatic carbocycles. The van der Waals surface area contributed by atoms with E-state index in [-0.39, 0.29) is 0 Å². The van der Waals surface area contributed by atoms with Crippen LogP contribution in [-0.4, -0.2) is 28.3 Å². The molecule has 0 atom stereocenters. The Morgan fingerprint density at radius 3 is 2.92 bits per heavy atom. The minimum atomic E-state index is 0.553. The van der Waals surface area contributed by atoms with Crippen molar-refractivity contribution in [1.29, 1.82) is 0 Å². The lowest BCUT2D eigenvalue weighted by Crippen LogP contribution is -2.27. The first-order valence-corrected chi connectivity index (χ1v) is 4.64. The molecule has 2 heterocycles. The molecule has 0 spiro atoms. The second-order valence-electron chi connectivity index (χ2n) is 3.69. The van der Waals surface area contributed by atoms with Gasteiger partial charge in [0, 0.05) is 44.4 Å². The molecule has 0 radical (unpaired) electrons. The fourth-order valence-electron chi connectivity index (χ4n) is 1.97. The molecule has 2 N–H and O–H groups in total. The summed E-state index contributed by atoms with van der Waals surface area (Å²) in [7, 11) is 4.14. The lowest BCUT2D eigenvalue weighted by Gasteiger charge is -2.22. The van der Waals surface area contributed by atoms with Crippen LogP contribution < -0.4 is 5.73 Å². The first kappa shape index (κ1) is 8.72. The third-order valence-electron chi connectivity index (χ3n) is 2.71. The molecule has 2 rings (SSSR count). The van der Waals surface area contributed by atoms with Gasteiger partial charge in [-0.25, -0.2) is 0 Å². The number of nitrogens with two attached hydrogens (primary N) is 1. The number of hydrogen-bond donors (Lipinski definition) is 1. The summed E-state index contributed by atoms with van der Waals surface area (Å²) in [5.74, 6) is 0. The summed E-state index contributed by atoms with van der Waals surface area (Å²) < 4.78 is 1.98. The van der Waals surface area contributed by atoms with E-state index in [0.29, 0.717) is 6.54 Å². The number of rotatable bonds is 1. The lowest BCUT2D eigenvalue weighted by atomic mass is 10.1. The molecular formula is C9H16N4. The maximum absolute atomic E-state index is 5.64. The monoisotopic (exact) mass is 180 g/mol. The largest absolute Gasteiger partial charge is 0.325 e. The third kappa shape index (κ3) is 1.36. The predicted molar refractivity (Wildman–Crippen MR) is 51.1 cm³/mol. The van der Waals surface area contributed by atoms with Crippen LogP contribution in [0.15, 0.2) is 0 Å². The van der Waals surface area contributed by atoms with Crippen molar-refractivity contribution in [2.24, 2.45) is 12.8 Å². The van der Waals surface area contributed by atoms with Crippen LogP contribution in [0.5, 0.6) is 0 Å². The highest BCUT2D eigenvalue weighted by molar-refractivity contribution is 5.28. The smallest absolute Gasteiger partial charge is 0.0808 e. The Labute approximate surface area is 78.3 Å². The van der Waals surface area contributed by atoms with Gasteiger partial charge in [-0.3, -0.25) is 4.68 Å². The van der Waals surface area contributed by atoms with Crippen molar-refractivity contribution >= 4 is 0 Å². The molecule has 1 aromatic rings. The summed E-state index contributed by atoms with van der Waals surface area (Å²) in [6.07, 6.45) is 1.09. The van der Waals surface area contributed by atoms with E-state index >= 15 is 0 Å². The van der Waals surface area contributed by atoms with Crippen LogP contribution in [0.2, 0.25) is 0 Å². The molecule has 0 aromatic carbocycles. The van der Waals surface area contributed by atoms with Gasteiger partial charge in [0.05, 0.1) is 5.69 Å². The summed E-state index contributed by atoms with van der Waals surface area (Å²) in [6.45, 7) is 2.67. The van der Waals surface area contributed by atoms with E-state index in [1.807, 2.05) is 11.7 Å². The van der Waals surface area contributed by atoms with E-state index in [4.69, 9.17) is 5.73 Å². The number of aryl methyl sites for hydroxylation is 1. The zero-order valence-electron chi connectivity index (χ0n) is 8.25. The zero-order chi connectivity index (χ0) is 9.42. The van der Waals surface area contributed by atoms with Gasteiger partial charge < -0.3 is 10.6 Å². The maximum Gasteiger partial charge on any atom is 0.0808 e. The number of nitrogens with zero attached hydrogens (tertiary/aromatic N) is 3. The Balaban J connectivity index is 2.43. The number of aromatic nitrogens is 2. The second kappa shape index (κ2) is 3.12. The van der Waals surface area contributed by atoms with E-state index < -0.39 is 0 Å². The third-order valence-corrected chi connectivity index (χ3v) is 2.71. The summed E-state index contributed by atoms with van der Waals surface area (Å²) in [6, 6.07) is 0. The van der Waals surface area contributed by atoms with Crippen LogP contribution in [0.4, 0.5) is 0 Å². The Bertz CT molecular complexity index is 316. The van der Waals surface area contributed by atoms with E-state index in [1.165, 1.54) is 11.3 Å². The van der Waals surface area contributed by atoms with E-state index in [2.05, 4.69) is 17.0 Å². The van der Waals surface area contributed by atoms with E-state index in [9.17, 15) is 0 Å². The van der Waals surface area contributed by atoms with Gasteiger partial charge in [0.25, 0.3) is 0 Å². The van der Waals surface area contributed by atoms with Crippen LogP contribution in [0.25, 0.3) is 0 Å². The maximum atomic E-state index is 5.64. The van der Waals surface area contributed by atoms with Gasteiger partial charge in [-0.15, -0.1) is 0 Å². The summed E-state index contributed by atoms with van der Waals surface area (Å²) in [5, 5.41) is 4.41. The first-order chi connectivity index (χ1) is 6.22. The van der Waals surface area contributed by atoms with Crippen molar-refractivity contribution in [3.8, 4) is 0 Å². The molecule has 0 bridgehead atoms. The molecule has 1 aromatic heterocycles. The standard InChI is InChI=1S/C9H16N4/c1-12-4-3-9-7(6-12)8(5-10)11-13(9)2/h3-6,10H2,1-2H3. The molecule has 0 saturated carbocycles. The highest BCUT2D eigenvalue weighted by Gasteiger charge is 2.20. The van der Waals surface area contributed by atoms with Crippen LogP contribution in [0.3, 0.4) is 0 Å². The molecule has 1 aliphatic rings. The van der Waals surface area contributed by atoms with Crippen LogP contribution in [-0.2, 0) is 26.6 Å². The van der Waals surface area contributed by atoms with Crippen molar-refractivity contribution in [1.82, 2.24) is 14.7 Å². The van der Waals surface area contributed by atoms with E-state index in [0.717, 1.165) is 25.2 Å². The Hall–Kier alpha value is -0.870. The highest BCUT2D eigenvalue weighted by atomic mass is 15.3. The van der Waals surface area contributed by atoms with Crippen molar-refractivity contribution in [3.63, 3.8) is 0 Å². The van der Waals surface area contributed by atoms with Gasteiger partial charge in [0.2, 0.25) is 0 Å². The lowest BCUT2D eigenvalue weighted by molar-refractivity contribution is 0.308. The Kier molecular flexibility index (Phi) is 2.09. The van der Waals surface area contributed by atoms with Crippen molar-refractivity contribution in [3.05, 3.63) is 17.0 Å². The molecular weight excluding hydrogens is 164 g/mol. The topological polar surface area (TPSA) is 47.1 Å².